The number of aromatic nitrogens is 3. The first-order valence-corrected chi connectivity index (χ1v) is 10.4. The van der Waals surface area contributed by atoms with Gasteiger partial charge in [-0.15, -0.1) is 0 Å². The molecule has 0 saturated carbocycles. The maximum absolute atomic E-state index is 12.3. The monoisotopic (exact) mass is 440 g/mol. The number of rotatable bonds is 6. The summed E-state index contributed by atoms with van der Waals surface area (Å²) in [6.07, 6.45) is 0.750. The molecular formula is C21H17ClN4O3S. The van der Waals surface area contributed by atoms with Gasteiger partial charge in [0.2, 0.25) is 4.96 Å². The van der Waals surface area contributed by atoms with E-state index < -0.39 is 0 Å². The molecule has 9 heteroatoms. The lowest BCUT2D eigenvalue weighted by Gasteiger charge is -2.08. The number of amides is 1. The van der Waals surface area contributed by atoms with Gasteiger partial charge in [-0.25, -0.2) is 4.98 Å². The zero-order valence-corrected chi connectivity index (χ0v) is 17.5. The van der Waals surface area contributed by atoms with E-state index in [1.165, 1.54) is 21.9 Å². The van der Waals surface area contributed by atoms with Gasteiger partial charge < -0.3 is 10.1 Å². The quantitative estimate of drug-likeness (QED) is 0.485. The van der Waals surface area contributed by atoms with E-state index in [1.54, 1.807) is 48.5 Å². The molecule has 152 valence electrons. The molecule has 30 heavy (non-hydrogen) atoms. The second-order valence-electron chi connectivity index (χ2n) is 6.41. The first-order valence-electron chi connectivity index (χ1n) is 9.20. The van der Waals surface area contributed by atoms with Crippen LogP contribution in [0.3, 0.4) is 0 Å². The molecule has 4 rings (SSSR count). The van der Waals surface area contributed by atoms with Crippen molar-refractivity contribution in [1.82, 2.24) is 14.6 Å². The van der Waals surface area contributed by atoms with E-state index in [0.717, 1.165) is 11.4 Å². The molecule has 0 fully saturated rings. The number of ether oxygens (including phenoxy) is 1. The highest BCUT2D eigenvalue weighted by atomic mass is 35.5. The van der Waals surface area contributed by atoms with Gasteiger partial charge >= 0.3 is 0 Å². The topological polar surface area (TPSA) is 85.6 Å². The predicted octanol–water partition coefficient (Wildman–Crippen LogP) is 4.20. The van der Waals surface area contributed by atoms with Gasteiger partial charge in [0.15, 0.2) is 0 Å². The van der Waals surface area contributed by atoms with Gasteiger partial charge in [0.25, 0.3) is 11.5 Å². The third-order valence-corrected chi connectivity index (χ3v) is 5.52. The van der Waals surface area contributed by atoms with Crippen molar-refractivity contribution in [2.45, 2.75) is 20.0 Å². The van der Waals surface area contributed by atoms with Crippen LogP contribution in [0.4, 0.5) is 5.69 Å². The SMILES string of the molecule is CCc1nn2c(=O)cc(COc3ccc(NC(=O)c4cccc(Cl)c4)cc3)nc2s1. The Morgan fingerprint density at radius 1 is 1.20 bits per heavy atom. The Labute approximate surface area is 180 Å². The lowest BCUT2D eigenvalue weighted by Crippen LogP contribution is -2.16. The molecule has 4 aromatic rings. The molecule has 7 nitrogen and oxygen atoms in total. The maximum atomic E-state index is 12.3. The number of aryl methyl sites for hydroxylation is 1. The fraction of sp³-hybridized carbons (Fsp3) is 0.143. The van der Waals surface area contributed by atoms with Crippen molar-refractivity contribution in [3.8, 4) is 5.75 Å². The zero-order chi connectivity index (χ0) is 21.1. The molecule has 2 heterocycles. The van der Waals surface area contributed by atoms with Crippen molar-refractivity contribution in [3.05, 3.63) is 86.2 Å². The standard InChI is InChI=1S/C21H17ClN4O3S/c1-2-18-25-26-19(27)11-16(24-21(26)30-18)12-29-17-8-6-15(7-9-17)23-20(28)13-4-3-5-14(22)10-13/h3-11H,2,12H2,1H3,(H,23,28). The van der Waals surface area contributed by atoms with Gasteiger partial charge in [-0.05, 0) is 48.9 Å². The van der Waals surface area contributed by atoms with Crippen molar-refractivity contribution >= 4 is 39.5 Å². The van der Waals surface area contributed by atoms with Crippen LogP contribution in [-0.2, 0) is 13.0 Å². The summed E-state index contributed by atoms with van der Waals surface area (Å²) in [6.45, 7) is 2.13. The van der Waals surface area contributed by atoms with E-state index in [4.69, 9.17) is 16.3 Å². The molecule has 0 radical (unpaired) electrons. The van der Waals surface area contributed by atoms with Crippen molar-refractivity contribution in [1.29, 1.82) is 0 Å². The zero-order valence-electron chi connectivity index (χ0n) is 16.0. The molecule has 0 saturated heterocycles. The van der Waals surface area contributed by atoms with Crippen LogP contribution in [0.15, 0.2) is 59.4 Å². The van der Waals surface area contributed by atoms with Crippen molar-refractivity contribution in [3.63, 3.8) is 0 Å². The van der Waals surface area contributed by atoms with Crippen molar-refractivity contribution in [2.75, 3.05) is 5.32 Å². The first-order chi connectivity index (χ1) is 14.5. The van der Waals surface area contributed by atoms with Crippen LogP contribution in [0.25, 0.3) is 4.96 Å². The lowest BCUT2D eigenvalue weighted by molar-refractivity contribution is 0.102. The summed E-state index contributed by atoms with van der Waals surface area (Å²) in [5.41, 5.74) is 1.41. The first kappa shape index (κ1) is 20.1. The Balaban J connectivity index is 1.41. The molecule has 0 atom stereocenters. The average Bonchev–Trinajstić information content (AvgIpc) is 3.17. The van der Waals surface area contributed by atoms with Gasteiger partial charge in [-0.2, -0.15) is 9.61 Å². The Morgan fingerprint density at radius 3 is 2.73 bits per heavy atom. The number of benzene rings is 2. The highest BCUT2D eigenvalue weighted by molar-refractivity contribution is 7.16. The maximum Gasteiger partial charge on any atom is 0.275 e. The van der Waals surface area contributed by atoms with Crippen LogP contribution < -0.4 is 15.6 Å². The number of anilines is 1. The van der Waals surface area contributed by atoms with Crippen LogP contribution in [0.1, 0.15) is 28.0 Å². The molecule has 0 unspecified atom stereocenters. The normalized spacial score (nSPS) is 10.9. The van der Waals surface area contributed by atoms with E-state index in [2.05, 4.69) is 15.4 Å². The number of nitrogens with zero attached hydrogens (tertiary/aromatic N) is 3. The van der Waals surface area contributed by atoms with Crippen molar-refractivity contribution in [2.24, 2.45) is 0 Å². The summed E-state index contributed by atoms with van der Waals surface area (Å²) in [4.78, 5) is 29.5. The predicted molar refractivity (Wildman–Crippen MR) is 117 cm³/mol. The third kappa shape index (κ3) is 4.50. The van der Waals surface area contributed by atoms with Gasteiger partial charge in [0.1, 0.15) is 17.4 Å². The minimum absolute atomic E-state index is 0.152. The summed E-state index contributed by atoms with van der Waals surface area (Å²) in [6, 6.07) is 15.1. The van der Waals surface area contributed by atoms with Crippen LogP contribution >= 0.6 is 22.9 Å². The van der Waals surface area contributed by atoms with E-state index in [-0.39, 0.29) is 18.1 Å². The molecule has 0 bridgehead atoms. The van der Waals surface area contributed by atoms with E-state index in [1.807, 2.05) is 6.92 Å². The number of fused-ring (bicyclic) bond motifs is 1. The van der Waals surface area contributed by atoms with E-state index >= 15 is 0 Å². The molecular weight excluding hydrogens is 424 g/mol. The number of carbonyl (C=O) groups excluding carboxylic acids is 1. The summed E-state index contributed by atoms with van der Waals surface area (Å²) >= 11 is 7.31. The molecule has 0 aliphatic rings. The van der Waals surface area contributed by atoms with Gasteiger partial charge in [-0.1, -0.05) is 35.9 Å². The van der Waals surface area contributed by atoms with Gasteiger partial charge in [0, 0.05) is 22.3 Å². The minimum atomic E-state index is -0.250. The highest BCUT2D eigenvalue weighted by Gasteiger charge is 2.09. The van der Waals surface area contributed by atoms with Gasteiger partial charge in [-0.3, -0.25) is 9.59 Å². The van der Waals surface area contributed by atoms with Crippen molar-refractivity contribution < 1.29 is 9.53 Å². The van der Waals surface area contributed by atoms with Crippen LogP contribution in [0.2, 0.25) is 5.02 Å². The molecule has 1 N–H and O–H groups in total. The number of hydrogen-bond acceptors (Lipinski definition) is 6. The van der Waals surface area contributed by atoms with E-state index in [9.17, 15) is 9.59 Å². The summed E-state index contributed by atoms with van der Waals surface area (Å²) in [7, 11) is 0. The fourth-order valence-corrected chi connectivity index (χ4v) is 3.79. The molecule has 1 amide bonds. The molecule has 2 aromatic carbocycles. The van der Waals surface area contributed by atoms with Crippen LogP contribution in [-0.4, -0.2) is 20.5 Å². The Hall–Kier alpha value is -3.23. The Bertz CT molecular complexity index is 1270. The Morgan fingerprint density at radius 2 is 2.00 bits per heavy atom. The molecule has 0 spiro atoms. The number of carbonyl (C=O) groups is 1. The third-order valence-electron chi connectivity index (χ3n) is 4.23. The van der Waals surface area contributed by atoms with Crippen LogP contribution in [0, 0.1) is 0 Å². The molecule has 2 aromatic heterocycles. The van der Waals surface area contributed by atoms with Gasteiger partial charge in [0.05, 0.1) is 5.69 Å². The molecule has 0 aliphatic carbocycles. The fourth-order valence-electron chi connectivity index (χ4n) is 2.74. The Kier molecular flexibility index (Phi) is 5.78. The number of hydrogen-bond donors (Lipinski definition) is 1. The number of halogens is 1. The van der Waals surface area contributed by atoms with Crippen LogP contribution in [0.5, 0.6) is 5.75 Å². The second-order valence-corrected chi connectivity index (χ2v) is 7.88. The lowest BCUT2D eigenvalue weighted by atomic mass is 10.2. The minimum Gasteiger partial charge on any atom is -0.487 e. The summed E-state index contributed by atoms with van der Waals surface area (Å²) in [5.74, 6) is 0.344. The molecule has 0 aliphatic heterocycles. The second kappa shape index (κ2) is 8.64. The van der Waals surface area contributed by atoms with E-state index in [0.29, 0.717) is 32.7 Å². The number of nitrogens with one attached hydrogen (secondary N) is 1. The average molecular weight is 441 g/mol. The largest absolute Gasteiger partial charge is 0.487 e. The summed E-state index contributed by atoms with van der Waals surface area (Å²) in [5, 5.41) is 8.39. The highest BCUT2D eigenvalue weighted by Crippen LogP contribution is 2.19. The summed E-state index contributed by atoms with van der Waals surface area (Å²) < 4.78 is 7.04. The smallest absolute Gasteiger partial charge is 0.275 e.